The molecule has 1 aliphatic carbocycles. The molecule has 0 bridgehead atoms. The summed E-state index contributed by atoms with van der Waals surface area (Å²) in [5, 5.41) is 4.19. The van der Waals surface area contributed by atoms with E-state index in [4.69, 9.17) is 34.8 Å². The summed E-state index contributed by atoms with van der Waals surface area (Å²) in [4.78, 5) is 28.4. The lowest BCUT2D eigenvalue weighted by Gasteiger charge is -2.33. The van der Waals surface area contributed by atoms with Crippen LogP contribution in [0.4, 0.5) is 5.69 Å². The minimum atomic E-state index is -3.83. The number of hydrogen-bond acceptors (Lipinski definition) is 4. The number of amides is 2. The third-order valence-corrected chi connectivity index (χ3v) is 8.37. The van der Waals surface area contributed by atoms with Gasteiger partial charge in [0.05, 0.1) is 11.9 Å². The summed E-state index contributed by atoms with van der Waals surface area (Å²) in [6.07, 6.45) is 5.23. The molecule has 1 saturated carbocycles. The van der Waals surface area contributed by atoms with Crippen molar-refractivity contribution in [1.29, 1.82) is 0 Å². The number of hydrogen-bond donors (Lipinski definition) is 1. The van der Waals surface area contributed by atoms with Crippen LogP contribution in [0.3, 0.4) is 0 Å². The van der Waals surface area contributed by atoms with E-state index in [1.54, 1.807) is 37.3 Å². The van der Waals surface area contributed by atoms with Gasteiger partial charge >= 0.3 is 0 Å². The first-order valence-electron chi connectivity index (χ1n) is 11.8. The Balaban J connectivity index is 1.96. The lowest BCUT2D eigenvalue weighted by atomic mass is 10.1. The van der Waals surface area contributed by atoms with Gasteiger partial charge in [-0.05, 0) is 55.7 Å². The number of rotatable bonds is 10. The predicted octanol–water partition coefficient (Wildman–Crippen LogP) is 5.28. The molecule has 36 heavy (non-hydrogen) atoms. The normalized spacial score (nSPS) is 14.9. The summed E-state index contributed by atoms with van der Waals surface area (Å²) in [7, 11) is -3.83. The smallest absolute Gasteiger partial charge is 0.244 e. The van der Waals surface area contributed by atoms with Crippen LogP contribution in [-0.2, 0) is 26.2 Å². The molecule has 2 aromatic carbocycles. The fourth-order valence-corrected chi connectivity index (χ4v) is 5.85. The van der Waals surface area contributed by atoms with Gasteiger partial charge < -0.3 is 10.2 Å². The Labute approximate surface area is 227 Å². The highest BCUT2D eigenvalue weighted by Gasteiger charge is 2.33. The molecule has 0 heterocycles. The van der Waals surface area contributed by atoms with E-state index in [1.165, 1.54) is 17.0 Å². The number of carbonyl (C=O) groups excluding carboxylic acids is 2. The summed E-state index contributed by atoms with van der Waals surface area (Å²) in [5.41, 5.74) is 0.771. The van der Waals surface area contributed by atoms with Gasteiger partial charge in [-0.15, -0.1) is 0 Å². The SMILES string of the molecule is CCC(C(=O)NC1CCCC1)N(Cc1c(Cl)cccc1Cl)C(=O)CN(c1ccc(Cl)cc1)S(C)(=O)=O. The highest BCUT2D eigenvalue weighted by atomic mass is 35.5. The van der Waals surface area contributed by atoms with Crippen LogP contribution in [0.5, 0.6) is 0 Å². The Kier molecular flexibility index (Phi) is 9.92. The number of halogens is 3. The first-order chi connectivity index (χ1) is 17.0. The Morgan fingerprint density at radius 3 is 2.14 bits per heavy atom. The van der Waals surface area contributed by atoms with Crippen molar-refractivity contribution in [2.45, 2.75) is 57.7 Å². The Bertz CT molecular complexity index is 1170. The first-order valence-corrected chi connectivity index (χ1v) is 14.8. The maximum Gasteiger partial charge on any atom is 0.244 e. The molecular formula is C25H30Cl3N3O4S. The van der Waals surface area contributed by atoms with Crippen LogP contribution in [0.1, 0.15) is 44.6 Å². The Morgan fingerprint density at radius 2 is 1.61 bits per heavy atom. The topological polar surface area (TPSA) is 86.8 Å². The van der Waals surface area contributed by atoms with E-state index in [0.717, 1.165) is 36.2 Å². The highest BCUT2D eigenvalue weighted by Crippen LogP contribution is 2.28. The van der Waals surface area contributed by atoms with Crippen LogP contribution in [0, 0.1) is 0 Å². The molecular weight excluding hydrogens is 545 g/mol. The van der Waals surface area contributed by atoms with Crippen LogP contribution >= 0.6 is 34.8 Å². The fourth-order valence-electron chi connectivity index (χ4n) is 4.36. The van der Waals surface area contributed by atoms with Gasteiger partial charge in [-0.3, -0.25) is 13.9 Å². The van der Waals surface area contributed by atoms with Gasteiger partial charge in [0.2, 0.25) is 21.8 Å². The largest absolute Gasteiger partial charge is 0.352 e. The summed E-state index contributed by atoms with van der Waals surface area (Å²) in [6.45, 7) is 1.25. The van der Waals surface area contributed by atoms with Crippen molar-refractivity contribution in [3.8, 4) is 0 Å². The Hall–Kier alpha value is -2.00. The summed E-state index contributed by atoms with van der Waals surface area (Å²) in [5.74, 6) is -0.835. The summed E-state index contributed by atoms with van der Waals surface area (Å²) >= 11 is 18.7. The van der Waals surface area contributed by atoms with Crippen molar-refractivity contribution in [2.75, 3.05) is 17.1 Å². The number of carbonyl (C=O) groups is 2. The zero-order valence-corrected chi connectivity index (χ0v) is 23.3. The zero-order chi connectivity index (χ0) is 26.5. The van der Waals surface area contributed by atoms with Crippen molar-refractivity contribution in [3.05, 3.63) is 63.1 Å². The molecule has 1 aliphatic rings. The van der Waals surface area contributed by atoms with Crippen molar-refractivity contribution >= 4 is 62.3 Å². The van der Waals surface area contributed by atoms with Crippen molar-refractivity contribution in [1.82, 2.24) is 10.2 Å². The second-order valence-electron chi connectivity index (χ2n) is 8.88. The minimum absolute atomic E-state index is 0.0495. The lowest BCUT2D eigenvalue weighted by Crippen LogP contribution is -2.53. The van der Waals surface area contributed by atoms with Gasteiger partial charge in [0.25, 0.3) is 0 Å². The van der Waals surface area contributed by atoms with Gasteiger partial charge in [-0.2, -0.15) is 0 Å². The summed E-state index contributed by atoms with van der Waals surface area (Å²) in [6, 6.07) is 10.4. The molecule has 0 aromatic heterocycles. The van der Waals surface area contributed by atoms with Crippen molar-refractivity contribution < 1.29 is 18.0 Å². The maximum atomic E-state index is 13.7. The lowest BCUT2D eigenvalue weighted by molar-refractivity contribution is -0.140. The second-order valence-corrected chi connectivity index (χ2v) is 12.0. The van der Waals surface area contributed by atoms with E-state index < -0.39 is 28.5 Å². The van der Waals surface area contributed by atoms with E-state index in [9.17, 15) is 18.0 Å². The van der Waals surface area contributed by atoms with Crippen LogP contribution in [-0.4, -0.2) is 50.0 Å². The number of nitrogens with zero attached hydrogens (tertiary/aromatic N) is 2. The van der Waals surface area contributed by atoms with Gasteiger partial charge in [0.15, 0.2) is 0 Å². The van der Waals surface area contributed by atoms with Crippen LogP contribution in [0.25, 0.3) is 0 Å². The molecule has 2 aromatic rings. The van der Waals surface area contributed by atoms with E-state index in [2.05, 4.69) is 5.32 Å². The van der Waals surface area contributed by atoms with Crippen LogP contribution in [0.2, 0.25) is 15.1 Å². The predicted molar refractivity (Wildman–Crippen MR) is 145 cm³/mol. The fraction of sp³-hybridized carbons (Fsp3) is 0.440. The first kappa shape index (κ1) is 28.6. The molecule has 0 aliphatic heterocycles. The molecule has 3 rings (SSSR count). The molecule has 7 nitrogen and oxygen atoms in total. The van der Waals surface area contributed by atoms with E-state index in [0.29, 0.717) is 27.1 Å². The third kappa shape index (κ3) is 7.28. The van der Waals surface area contributed by atoms with Gasteiger partial charge in [-0.25, -0.2) is 8.42 Å². The monoisotopic (exact) mass is 573 g/mol. The average molecular weight is 575 g/mol. The number of anilines is 1. The molecule has 11 heteroatoms. The zero-order valence-electron chi connectivity index (χ0n) is 20.2. The maximum absolute atomic E-state index is 13.7. The van der Waals surface area contributed by atoms with Crippen LogP contribution in [0.15, 0.2) is 42.5 Å². The van der Waals surface area contributed by atoms with Crippen molar-refractivity contribution in [3.63, 3.8) is 0 Å². The van der Waals surface area contributed by atoms with E-state index >= 15 is 0 Å². The standard InChI is InChI=1S/C25H30Cl3N3O4S/c1-3-23(25(33)29-18-7-4-5-8-18)30(15-20-21(27)9-6-10-22(20)28)24(32)16-31(36(2,34)35)19-13-11-17(26)12-14-19/h6,9-14,18,23H,3-5,7-8,15-16H2,1-2H3,(H,29,33). The number of nitrogens with one attached hydrogen (secondary N) is 1. The molecule has 1 N–H and O–H groups in total. The quantitative estimate of drug-likeness (QED) is 0.418. The molecule has 0 radical (unpaired) electrons. The number of benzene rings is 2. The minimum Gasteiger partial charge on any atom is -0.352 e. The second kappa shape index (κ2) is 12.5. The van der Waals surface area contributed by atoms with Crippen LogP contribution < -0.4 is 9.62 Å². The average Bonchev–Trinajstić information content (AvgIpc) is 3.32. The highest BCUT2D eigenvalue weighted by molar-refractivity contribution is 7.92. The molecule has 0 saturated heterocycles. The Morgan fingerprint density at radius 1 is 1.03 bits per heavy atom. The van der Waals surface area contributed by atoms with Gasteiger partial charge in [0, 0.05) is 33.2 Å². The third-order valence-electron chi connectivity index (χ3n) is 6.27. The van der Waals surface area contributed by atoms with Gasteiger partial charge in [-0.1, -0.05) is 60.6 Å². The molecule has 1 atom stereocenters. The number of sulfonamides is 1. The molecule has 1 unspecified atom stereocenters. The van der Waals surface area contributed by atoms with Crippen molar-refractivity contribution in [2.24, 2.45) is 0 Å². The molecule has 2 amide bonds. The molecule has 0 spiro atoms. The van der Waals surface area contributed by atoms with E-state index in [1.807, 2.05) is 0 Å². The molecule has 196 valence electrons. The summed E-state index contributed by atoms with van der Waals surface area (Å²) < 4.78 is 26.3. The molecule has 1 fully saturated rings. The van der Waals surface area contributed by atoms with E-state index in [-0.39, 0.29) is 24.2 Å². The van der Waals surface area contributed by atoms with Gasteiger partial charge in [0.1, 0.15) is 12.6 Å².